The second-order valence-corrected chi connectivity index (χ2v) is 3.04. The molecule has 1 rings (SSSR count). The van der Waals surface area contributed by atoms with E-state index >= 15 is 0 Å². The summed E-state index contributed by atoms with van der Waals surface area (Å²) in [5, 5.41) is 11.1. The van der Waals surface area contributed by atoms with Crippen LogP contribution in [0.15, 0.2) is 18.2 Å². The lowest BCUT2D eigenvalue weighted by Crippen LogP contribution is -2.23. The van der Waals surface area contributed by atoms with Crippen molar-refractivity contribution in [2.75, 3.05) is 7.11 Å². The molecule has 0 radical (unpaired) electrons. The summed E-state index contributed by atoms with van der Waals surface area (Å²) in [5.41, 5.74) is 0.453. The van der Waals surface area contributed by atoms with Gasteiger partial charge in [0.2, 0.25) is 12.3 Å². The predicted octanol–water partition coefficient (Wildman–Crippen LogP) is 0.352. The van der Waals surface area contributed by atoms with Gasteiger partial charge in [-0.15, -0.1) is 0 Å². The Morgan fingerprint density at radius 1 is 1.69 bits per heavy atom. The second kappa shape index (κ2) is 5.69. The number of carbonyl (C=O) groups is 2. The number of rotatable bonds is 6. The first-order valence-electron chi connectivity index (χ1n) is 4.59. The van der Waals surface area contributed by atoms with Gasteiger partial charge >= 0.3 is 5.97 Å². The van der Waals surface area contributed by atoms with Crippen molar-refractivity contribution < 1.29 is 19.4 Å². The van der Waals surface area contributed by atoms with Crippen LogP contribution in [-0.2, 0) is 9.59 Å². The highest BCUT2D eigenvalue weighted by Crippen LogP contribution is 2.16. The molecule has 0 aliphatic rings. The Bertz CT molecular complexity index is 381. The molecule has 6 heteroatoms. The number of nitrogens with zero attached hydrogens (tertiary/aromatic N) is 1. The maximum atomic E-state index is 10.6. The van der Waals surface area contributed by atoms with Gasteiger partial charge in [-0.2, -0.15) is 0 Å². The number of amides is 1. The molecule has 6 nitrogen and oxygen atoms in total. The fourth-order valence-corrected chi connectivity index (χ4v) is 1.24. The molecular formula is C10H12N2O4. The van der Waals surface area contributed by atoms with Crippen molar-refractivity contribution in [3.05, 3.63) is 23.9 Å². The van der Waals surface area contributed by atoms with Crippen LogP contribution in [0.2, 0.25) is 0 Å². The van der Waals surface area contributed by atoms with Gasteiger partial charge in [0.15, 0.2) is 0 Å². The van der Waals surface area contributed by atoms with E-state index < -0.39 is 12.0 Å². The van der Waals surface area contributed by atoms with E-state index in [4.69, 9.17) is 9.84 Å². The van der Waals surface area contributed by atoms with Crippen LogP contribution in [-0.4, -0.2) is 29.6 Å². The quantitative estimate of drug-likeness (QED) is 0.681. The zero-order valence-corrected chi connectivity index (χ0v) is 8.71. The lowest BCUT2D eigenvalue weighted by Gasteiger charge is -2.13. The lowest BCUT2D eigenvalue weighted by molar-refractivity contribution is -0.137. The SMILES string of the molecule is COc1cccc([C@H](CC(=O)O)NC=O)n1. The average Bonchev–Trinajstić information content (AvgIpc) is 2.28. The Hall–Kier alpha value is -2.11. The first-order valence-corrected chi connectivity index (χ1v) is 4.59. The number of carbonyl (C=O) groups excluding carboxylic acids is 1. The smallest absolute Gasteiger partial charge is 0.305 e. The maximum absolute atomic E-state index is 10.6. The molecule has 0 aromatic carbocycles. The highest BCUT2D eigenvalue weighted by molar-refractivity contribution is 5.68. The first kappa shape index (κ1) is 12.0. The normalized spacial score (nSPS) is 11.6. The van der Waals surface area contributed by atoms with E-state index in [1.165, 1.54) is 7.11 Å². The van der Waals surface area contributed by atoms with Gasteiger partial charge in [0, 0.05) is 6.07 Å². The molecule has 1 heterocycles. The topological polar surface area (TPSA) is 88.5 Å². The van der Waals surface area contributed by atoms with Crippen LogP contribution < -0.4 is 10.1 Å². The number of aromatic nitrogens is 1. The number of nitrogens with one attached hydrogen (secondary N) is 1. The molecule has 16 heavy (non-hydrogen) atoms. The van der Waals surface area contributed by atoms with Crippen molar-refractivity contribution in [2.45, 2.75) is 12.5 Å². The molecule has 0 saturated heterocycles. The number of carboxylic acids is 1. The summed E-state index contributed by atoms with van der Waals surface area (Å²) < 4.78 is 4.91. The first-order chi connectivity index (χ1) is 7.67. The molecule has 1 aromatic rings. The van der Waals surface area contributed by atoms with Gasteiger partial charge in [0.25, 0.3) is 0 Å². The van der Waals surface area contributed by atoms with Gasteiger partial charge in [-0.1, -0.05) is 6.07 Å². The van der Waals surface area contributed by atoms with Gasteiger partial charge in [0.05, 0.1) is 25.3 Å². The van der Waals surface area contributed by atoms with Crippen LogP contribution in [0.4, 0.5) is 0 Å². The second-order valence-electron chi connectivity index (χ2n) is 3.04. The molecule has 0 saturated carbocycles. The summed E-state index contributed by atoms with van der Waals surface area (Å²) in [7, 11) is 1.46. The Morgan fingerprint density at radius 3 is 3.00 bits per heavy atom. The van der Waals surface area contributed by atoms with Crippen LogP contribution in [0.3, 0.4) is 0 Å². The predicted molar refractivity (Wildman–Crippen MR) is 55.0 cm³/mol. The summed E-state index contributed by atoms with van der Waals surface area (Å²) in [6.07, 6.45) is 0.230. The maximum Gasteiger partial charge on any atom is 0.305 e. The minimum atomic E-state index is -1.01. The third-order valence-corrected chi connectivity index (χ3v) is 1.96. The molecule has 1 atom stereocenters. The van der Waals surface area contributed by atoms with Crippen molar-refractivity contribution in [3.63, 3.8) is 0 Å². The number of pyridine rings is 1. The largest absolute Gasteiger partial charge is 0.481 e. The van der Waals surface area contributed by atoms with Gasteiger partial charge in [0.1, 0.15) is 0 Å². The lowest BCUT2D eigenvalue weighted by atomic mass is 10.1. The summed E-state index contributed by atoms with van der Waals surface area (Å²) in [5.74, 6) is -0.635. The fraction of sp³-hybridized carbons (Fsp3) is 0.300. The molecule has 0 fully saturated rings. The molecule has 1 aromatic heterocycles. The van der Waals surface area contributed by atoms with E-state index in [9.17, 15) is 9.59 Å². The van der Waals surface area contributed by atoms with E-state index in [0.717, 1.165) is 0 Å². The average molecular weight is 224 g/mol. The minimum absolute atomic E-state index is 0.223. The molecule has 0 aliphatic carbocycles. The highest BCUT2D eigenvalue weighted by atomic mass is 16.5. The zero-order chi connectivity index (χ0) is 12.0. The van der Waals surface area contributed by atoms with Crippen LogP contribution in [0.1, 0.15) is 18.2 Å². The van der Waals surface area contributed by atoms with Crippen LogP contribution in [0.25, 0.3) is 0 Å². The molecule has 0 aliphatic heterocycles. The summed E-state index contributed by atoms with van der Waals surface area (Å²) in [6.45, 7) is 0. The Morgan fingerprint density at radius 2 is 2.44 bits per heavy atom. The monoisotopic (exact) mass is 224 g/mol. The summed E-state index contributed by atoms with van der Waals surface area (Å²) in [4.78, 5) is 25.0. The molecule has 2 N–H and O–H groups in total. The van der Waals surface area contributed by atoms with E-state index in [0.29, 0.717) is 18.0 Å². The Balaban J connectivity index is 2.90. The zero-order valence-electron chi connectivity index (χ0n) is 8.71. The van der Waals surface area contributed by atoms with Gasteiger partial charge in [-0.05, 0) is 6.07 Å². The van der Waals surface area contributed by atoms with Crippen molar-refractivity contribution in [3.8, 4) is 5.88 Å². The number of carboxylic acid groups (broad SMARTS) is 1. The standard InChI is InChI=1S/C10H12N2O4/c1-16-9-4-2-3-7(12-9)8(11-6-13)5-10(14)15/h2-4,6,8H,5H2,1H3,(H,11,13)(H,14,15)/t8-/m0/s1. The van der Waals surface area contributed by atoms with E-state index in [-0.39, 0.29) is 6.42 Å². The summed E-state index contributed by atoms with van der Waals surface area (Å²) in [6, 6.07) is 4.31. The Labute approximate surface area is 92.3 Å². The third-order valence-electron chi connectivity index (χ3n) is 1.96. The highest BCUT2D eigenvalue weighted by Gasteiger charge is 2.16. The van der Waals surface area contributed by atoms with Crippen molar-refractivity contribution in [2.24, 2.45) is 0 Å². The summed E-state index contributed by atoms with van der Waals surface area (Å²) >= 11 is 0. The van der Waals surface area contributed by atoms with Crippen molar-refractivity contribution >= 4 is 12.4 Å². The number of methoxy groups -OCH3 is 1. The Kier molecular flexibility index (Phi) is 4.26. The molecular weight excluding hydrogens is 212 g/mol. The van der Waals surface area contributed by atoms with Crippen LogP contribution in [0, 0.1) is 0 Å². The minimum Gasteiger partial charge on any atom is -0.481 e. The molecule has 0 bridgehead atoms. The van der Waals surface area contributed by atoms with Gasteiger partial charge in [-0.3, -0.25) is 9.59 Å². The van der Waals surface area contributed by atoms with Gasteiger partial charge < -0.3 is 15.2 Å². The van der Waals surface area contributed by atoms with Crippen molar-refractivity contribution in [1.29, 1.82) is 0 Å². The fourth-order valence-electron chi connectivity index (χ4n) is 1.24. The van der Waals surface area contributed by atoms with E-state index in [1.807, 2.05) is 0 Å². The van der Waals surface area contributed by atoms with E-state index in [2.05, 4.69) is 10.3 Å². The number of aliphatic carboxylic acids is 1. The number of ether oxygens (including phenoxy) is 1. The molecule has 86 valence electrons. The van der Waals surface area contributed by atoms with Crippen LogP contribution >= 0.6 is 0 Å². The number of hydrogen-bond acceptors (Lipinski definition) is 4. The van der Waals surface area contributed by atoms with Crippen molar-refractivity contribution in [1.82, 2.24) is 10.3 Å². The van der Waals surface area contributed by atoms with Gasteiger partial charge in [-0.25, -0.2) is 4.98 Å². The molecule has 0 unspecified atom stereocenters. The van der Waals surface area contributed by atoms with Crippen LogP contribution in [0.5, 0.6) is 5.88 Å². The number of hydrogen-bond donors (Lipinski definition) is 2. The molecule has 0 spiro atoms. The van der Waals surface area contributed by atoms with E-state index in [1.54, 1.807) is 18.2 Å². The third kappa shape index (κ3) is 3.23. The molecule has 1 amide bonds.